The number of hydrogen-bond acceptors (Lipinski definition) is 4. The Kier molecular flexibility index (Phi) is 7.60. The standard InChI is InChI=1S/C17H19Cl2NO2S2/c1-11(13-7-6-12(18)10-14(13)19)4-3-5-15(21)16-8-9-17(23-16)24(22)20-2/h6-11,20H,3-5H2,1-2H3/t11-,24?/m0/s1. The minimum Gasteiger partial charge on any atom is -0.592 e. The summed E-state index contributed by atoms with van der Waals surface area (Å²) in [7, 11) is 1.63. The lowest BCUT2D eigenvalue weighted by Crippen LogP contribution is -2.17. The van der Waals surface area contributed by atoms with Gasteiger partial charge in [0.25, 0.3) is 0 Å². The summed E-state index contributed by atoms with van der Waals surface area (Å²) in [6, 6.07) is 9.00. The van der Waals surface area contributed by atoms with Crippen LogP contribution in [0.4, 0.5) is 0 Å². The summed E-state index contributed by atoms with van der Waals surface area (Å²) in [6.45, 7) is 2.10. The molecular formula is C17H19Cl2NO2S2. The number of nitrogens with one attached hydrogen (secondary N) is 1. The van der Waals surface area contributed by atoms with E-state index in [1.165, 1.54) is 11.3 Å². The fourth-order valence-electron chi connectivity index (χ4n) is 2.42. The molecule has 130 valence electrons. The molecule has 0 radical (unpaired) electrons. The molecule has 24 heavy (non-hydrogen) atoms. The highest BCUT2D eigenvalue weighted by Crippen LogP contribution is 2.31. The maximum Gasteiger partial charge on any atom is 0.228 e. The Hall–Kier alpha value is -0.560. The monoisotopic (exact) mass is 403 g/mol. The van der Waals surface area contributed by atoms with E-state index in [0.717, 1.165) is 18.4 Å². The van der Waals surface area contributed by atoms with Crippen molar-refractivity contribution in [3.63, 3.8) is 0 Å². The Balaban J connectivity index is 1.87. The maximum absolute atomic E-state index is 12.2. The van der Waals surface area contributed by atoms with Gasteiger partial charge in [-0.15, -0.1) is 4.72 Å². The van der Waals surface area contributed by atoms with E-state index in [-0.39, 0.29) is 11.7 Å². The van der Waals surface area contributed by atoms with Crippen LogP contribution >= 0.6 is 34.5 Å². The maximum atomic E-state index is 12.2. The highest BCUT2D eigenvalue weighted by Gasteiger charge is 2.17. The highest BCUT2D eigenvalue weighted by atomic mass is 35.5. The van der Waals surface area contributed by atoms with E-state index in [1.54, 1.807) is 25.2 Å². The van der Waals surface area contributed by atoms with Gasteiger partial charge in [0.1, 0.15) is 0 Å². The van der Waals surface area contributed by atoms with Crippen molar-refractivity contribution in [3.8, 4) is 0 Å². The van der Waals surface area contributed by atoms with Gasteiger partial charge in [-0.1, -0.05) is 47.5 Å². The molecule has 0 saturated carbocycles. The van der Waals surface area contributed by atoms with E-state index in [1.807, 2.05) is 12.1 Å². The van der Waals surface area contributed by atoms with Gasteiger partial charge in [-0.3, -0.25) is 4.79 Å². The molecule has 0 aliphatic rings. The van der Waals surface area contributed by atoms with E-state index in [4.69, 9.17) is 23.2 Å². The molecule has 3 nitrogen and oxygen atoms in total. The van der Waals surface area contributed by atoms with Crippen molar-refractivity contribution in [2.75, 3.05) is 7.05 Å². The molecule has 2 atom stereocenters. The van der Waals surface area contributed by atoms with Crippen LogP contribution in [0.3, 0.4) is 0 Å². The summed E-state index contributed by atoms with van der Waals surface area (Å²) < 4.78 is 15.0. The number of carbonyl (C=O) groups is 1. The molecule has 0 fully saturated rings. The van der Waals surface area contributed by atoms with Crippen molar-refractivity contribution in [1.29, 1.82) is 0 Å². The molecule has 2 rings (SSSR count). The Labute approximate surface area is 159 Å². The predicted octanol–water partition coefficient (Wildman–Crippen LogP) is 5.45. The van der Waals surface area contributed by atoms with Crippen molar-refractivity contribution in [2.24, 2.45) is 0 Å². The number of hydrogen-bond donors (Lipinski definition) is 1. The molecule has 1 heterocycles. The lowest BCUT2D eigenvalue weighted by Gasteiger charge is -2.13. The second-order valence-electron chi connectivity index (χ2n) is 5.47. The summed E-state index contributed by atoms with van der Waals surface area (Å²) in [5, 5.41) is 1.29. The fraction of sp³-hybridized carbons (Fsp3) is 0.353. The van der Waals surface area contributed by atoms with E-state index in [0.29, 0.717) is 25.6 Å². The first-order chi connectivity index (χ1) is 11.4. The minimum atomic E-state index is -1.24. The number of ketones is 1. The predicted molar refractivity (Wildman–Crippen MR) is 103 cm³/mol. The molecular weight excluding hydrogens is 385 g/mol. The van der Waals surface area contributed by atoms with Crippen LogP contribution in [-0.2, 0) is 11.4 Å². The molecule has 0 saturated heterocycles. The van der Waals surface area contributed by atoms with Gasteiger partial charge in [-0.25, -0.2) is 0 Å². The third-order valence-electron chi connectivity index (χ3n) is 3.76. The third kappa shape index (κ3) is 5.22. The Morgan fingerprint density at radius 1 is 1.33 bits per heavy atom. The fourth-order valence-corrected chi connectivity index (χ4v) is 4.93. The summed E-state index contributed by atoms with van der Waals surface area (Å²) >= 11 is 12.2. The zero-order valence-corrected chi connectivity index (χ0v) is 16.6. The molecule has 1 N–H and O–H groups in total. The van der Waals surface area contributed by atoms with Crippen LogP contribution in [0.5, 0.6) is 0 Å². The van der Waals surface area contributed by atoms with Crippen molar-refractivity contribution in [3.05, 3.63) is 50.8 Å². The largest absolute Gasteiger partial charge is 0.592 e. The van der Waals surface area contributed by atoms with E-state index < -0.39 is 11.4 Å². The number of halogens is 2. The van der Waals surface area contributed by atoms with Crippen molar-refractivity contribution < 1.29 is 9.35 Å². The average Bonchev–Trinajstić information content (AvgIpc) is 3.04. The van der Waals surface area contributed by atoms with Gasteiger partial charge in [-0.05, 0) is 42.5 Å². The van der Waals surface area contributed by atoms with Gasteiger partial charge < -0.3 is 4.55 Å². The van der Waals surface area contributed by atoms with E-state index in [9.17, 15) is 9.35 Å². The zero-order valence-electron chi connectivity index (χ0n) is 13.5. The van der Waals surface area contributed by atoms with Gasteiger partial charge in [0, 0.05) is 29.6 Å². The Morgan fingerprint density at radius 3 is 2.75 bits per heavy atom. The Morgan fingerprint density at radius 2 is 2.08 bits per heavy atom. The summed E-state index contributed by atoms with van der Waals surface area (Å²) in [5.41, 5.74) is 1.05. The molecule has 0 aliphatic heterocycles. The van der Waals surface area contributed by atoms with Crippen molar-refractivity contribution in [2.45, 2.75) is 36.3 Å². The molecule has 1 unspecified atom stereocenters. The van der Waals surface area contributed by atoms with Crippen LogP contribution in [0.25, 0.3) is 0 Å². The van der Waals surface area contributed by atoms with E-state index >= 15 is 0 Å². The number of thiophene rings is 1. The highest BCUT2D eigenvalue weighted by molar-refractivity contribution is 7.91. The van der Waals surface area contributed by atoms with Gasteiger partial charge >= 0.3 is 0 Å². The lowest BCUT2D eigenvalue weighted by molar-refractivity contribution is 0.0983. The zero-order chi connectivity index (χ0) is 17.7. The number of benzene rings is 1. The first-order valence-corrected chi connectivity index (χ1v) is 10.3. The molecule has 7 heteroatoms. The summed E-state index contributed by atoms with van der Waals surface area (Å²) in [5.74, 6) is 0.354. The van der Waals surface area contributed by atoms with E-state index in [2.05, 4.69) is 11.6 Å². The molecule has 0 aliphatic carbocycles. The SMILES string of the molecule is CN[S+]([O-])c1ccc(C(=O)CCC[C@H](C)c2ccc(Cl)cc2Cl)s1. The van der Waals surface area contributed by atoms with Crippen LogP contribution < -0.4 is 4.72 Å². The van der Waals surface area contributed by atoms with Crippen LogP contribution in [0.2, 0.25) is 10.0 Å². The summed E-state index contributed by atoms with van der Waals surface area (Å²) in [4.78, 5) is 12.9. The number of carbonyl (C=O) groups excluding carboxylic acids is 1. The van der Waals surface area contributed by atoms with Gasteiger partial charge in [0.05, 0.1) is 16.2 Å². The molecule has 1 aromatic carbocycles. The molecule has 2 aromatic rings. The summed E-state index contributed by atoms with van der Waals surface area (Å²) in [6.07, 6.45) is 2.12. The van der Waals surface area contributed by atoms with Crippen LogP contribution in [0, 0.1) is 0 Å². The topological polar surface area (TPSA) is 52.2 Å². The van der Waals surface area contributed by atoms with Crippen LogP contribution in [-0.4, -0.2) is 17.4 Å². The van der Waals surface area contributed by atoms with Gasteiger partial charge in [0.15, 0.2) is 5.78 Å². The lowest BCUT2D eigenvalue weighted by atomic mass is 9.95. The molecule has 0 spiro atoms. The van der Waals surface area contributed by atoms with Gasteiger partial charge in [-0.2, -0.15) is 0 Å². The second-order valence-corrected chi connectivity index (χ2v) is 9.05. The van der Waals surface area contributed by atoms with Crippen LogP contribution in [0.1, 0.15) is 47.3 Å². The molecule has 1 aromatic heterocycles. The molecule has 0 amide bonds. The van der Waals surface area contributed by atoms with Gasteiger partial charge in [0.2, 0.25) is 4.21 Å². The smallest absolute Gasteiger partial charge is 0.228 e. The van der Waals surface area contributed by atoms with Crippen molar-refractivity contribution >= 4 is 51.7 Å². The normalized spacial score (nSPS) is 13.7. The first-order valence-electron chi connectivity index (χ1n) is 7.59. The molecule has 0 bridgehead atoms. The first kappa shape index (κ1) is 19.8. The number of Topliss-reactive ketones (excluding diaryl/α,β-unsaturated/α-hetero) is 1. The van der Waals surface area contributed by atoms with Crippen molar-refractivity contribution in [1.82, 2.24) is 4.72 Å². The van der Waals surface area contributed by atoms with Crippen LogP contribution in [0.15, 0.2) is 34.5 Å². The average molecular weight is 404 g/mol. The Bertz CT molecular complexity index is 706. The number of rotatable bonds is 8. The third-order valence-corrected chi connectivity index (χ3v) is 6.82. The second kappa shape index (κ2) is 9.22. The minimum absolute atomic E-state index is 0.0914. The quantitative estimate of drug-likeness (QED) is 0.470.